The molecule has 0 unspecified atom stereocenters. The fourth-order valence-corrected chi connectivity index (χ4v) is 1.71. The topological polar surface area (TPSA) is 84.1 Å². The fourth-order valence-electron chi connectivity index (χ4n) is 1.71. The van der Waals surface area contributed by atoms with Gasteiger partial charge >= 0.3 is 5.97 Å². The van der Waals surface area contributed by atoms with Crippen molar-refractivity contribution in [3.05, 3.63) is 30.6 Å². The largest absolute Gasteiger partial charge is 0.454 e. The third-order valence-electron chi connectivity index (χ3n) is 2.68. The highest BCUT2D eigenvalue weighted by Gasteiger charge is 2.18. The van der Waals surface area contributed by atoms with E-state index in [2.05, 4.69) is 15.2 Å². The van der Waals surface area contributed by atoms with Crippen molar-refractivity contribution in [2.45, 2.75) is 26.1 Å². The number of ether oxygens (including phenoxy) is 2. The molecule has 0 bridgehead atoms. The second-order valence-electron chi connectivity index (χ2n) is 4.18. The molecule has 2 rings (SSSR count). The maximum Gasteiger partial charge on any atom is 0.341 e. The molecule has 0 N–H and O–H groups in total. The summed E-state index contributed by atoms with van der Waals surface area (Å²) in [4.78, 5) is 15.9. The maximum absolute atomic E-state index is 12.0. The van der Waals surface area contributed by atoms with Gasteiger partial charge in [0.15, 0.2) is 0 Å². The van der Waals surface area contributed by atoms with Gasteiger partial charge in [-0.05, 0) is 6.92 Å². The van der Waals surface area contributed by atoms with Gasteiger partial charge in [0, 0.05) is 19.9 Å². The summed E-state index contributed by atoms with van der Waals surface area (Å²) >= 11 is 0. The number of carbonyl (C=O) groups excluding carboxylic acids is 1. The van der Waals surface area contributed by atoms with Gasteiger partial charge < -0.3 is 9.47 Å². The summed E-state index contributed by atoms with van der Waals surface area (Å²) < 4.78 is 13.7. The summed E-state index contributed by atoms with van der Waals surface area (Å²) in [6, 6.07) is 0. The third kappa shape index (κ3) is 3.64. The molecule has 20 heavy (non-hydrogen) atoms. The Morgan fingerprint density at radius 3 is 2.85 bits per heavy atom. The van der Waals surface area contributed by atoms with Crippen LogP contribution in [0.2, 0.25) is 0 Å². The summed E-state index contributed by atoms with van der Waals surface area (Å²) in [5.41, 5.74) is 0.423. The molecule has 108 valence electrons. The zero-order valence-corrected chi connectivity index (χ0v) is 11.5. The first-order valence-electron chi connectivity index (χ1n) is 6.27. The van der Waals surface area contributed by atoms with Crippen molar-refractivity contribution < 1.29 is 14.3 Å². The molecule has 0 amide bonds. The van der Waals surface area contributed by atoms with Gasteiger partial charge in [-0.3, -0.25) is 4.68 Å². The average Bonchev–Trinajstić information content (AvgIpc) is 3.09. The van der Waals surface area contributed by atoms with Crippen LogP contribution in [0.4, 0.5) is 0 Å². The predicted molar refractivity (Wildman–Crippen MR) is 69.0 cm³/mol. The van der Waals surface area contributed by atoms with Crippen molar-refractivity contribution in [3.8, 4) is 0 Å². The van der Waals surface area contributed by atoms with Gasteiger partial charge in [-0.1, -0.05) is 0 Å². The van der Waals surface area contributed by atoms with Crippen molar-refractivity contribution in [1.82, 2.24) is 24.5 Å². The van der Waals surface area contributed by atoms with E-state index in [0.717, 1.165) is 0 Å². The van der Waals surface area contributed by atoms with Gasteiger partial charge in [0.25, 0.3) is 0 Å². The van der Waals surface area contributed by atoms with E-state index in [9.17, 15) is 4.79 Å². The summed E-state index contributed by atoms with van der Waals surface area (Å²) in [5.74, 6) is -0.424. The number of methoxy groups -OCH3 is 1. The van der Waals surface area contributed by atoms with Gasteiger partial charge in [0.05, 0.1) is 24.9 Å². The van der Waals surface area contributed by atoms with Crippen molar-refractivity contribution in [2.75, 3.05) is 13.7 Å². The quantitative estimate of drug-likeness (QED) is 0.681. The number of aromatic nitrogens is 5. The number of nitrogens with zero attached hydrogens (tertiary/aromatic N) is 5. The number of hydrogen-bond acceptors (Lipinski definition) is 6. The van der Waals surface area contributed by atoms with E-state index in [0.29, 0.717) is 18.7 Å². The normalized spacial score (nSPS) is 12.3. The Labute approximate surface area is 116 Å². The van der Waals surface area contributed by atoms with Crippen LogP contribution in [0.25, 0.3) is 0 Å². The van der Waals surface area contributed by atoms with Gasteiger partial charge in [0.1, 0.15) is 18.8 Å². The summed E-state index contributed by atoms with van der Waals surface area (Å²) in [5, 5.41) is 8.02. The molecular weight excluding hydrogens is 262 g/mol. The van der Waals surface area contributed by atoms with E-state index in [-0.39, 0.29) is 6.61 Å². The molecule has 0 spiro atoms. The molecule has 8 heteroatoms. The van der Waals surface area contributed by atoms with Crippen molar-refractivity contribution >= 4 is 5.97 Å². The van der Waals surface area contributed by atoms with Crippen molar-refractivity contribution in [2.24, 2.45) is 0 Å². The van der Waals surface area contributed by atoms with Gasteiger partial charge in [-0.15, -0.1) is 0 Å². The first kappa shape index (κ1) is 14.2. The second kappa shape index (κ2) is 6.80. The van der Waals surface area contributed by atoms with Gasteiger partial charge in [-0.25, -0.2) is 14.5 Å². The molecule has 0 aliphatic carbocycles. The summed E-state index contributed by atoms with van der Waals surface area (Å²) in [7, 11) is 1.55. The molecule has 0 aromatic carbocycles. The minimum absolute atomic E-state index is 0.285. The van der Waals surface area contributed by atoms with Crippen LogP contribution in [0, 0.1) is 0 Å². The van der Waals surface area contributed by atoms with E-state index in [1.807, 2.05) is 6.92 Å². The van der Waals surface area contributed by atoms with Crippen LogP contribution >= 0.6 is 0 Å². The van der Waals surface area contributed by atoms with E-state index in [1.165, 1.54) is 12.5 Å². The highest BCUT2D eigenvalue weighted by atomic mass is 16.6. The highest BCUT2D eigenvalue weighted by Crippen LogP contribution is 2.05. The third-order valence-corrected chi connectivity index (χ3v) is 2.68. The highest BCUT2D eigenvalue weighted by molar-refractivity contribution is 5.88. The lowest BCUT2D eigenvalue weighted by atomic mass is 10.3. The minimum Gasteiger partial charge on any atom is -0.454 e. The lowest BCUT2D eigenvalue weighted by molar-refractivity contribution is -0.000871. The number of esters is 1. The molecule has 0 fully saturated rings. The summed E-state index contributed by atoms with van der Waals surface area (Å²) in [6.45, 7) is 3.32. The van der Waals surface area contributed by atoms with Crippen molar-refractivity contribution in [1.29, 1.82) is 0 Å². The Morgan fingerprint density at radius 1 is 1.40 bits per heavy atom. The Morgan fingerprint density at radius 2 is 2.25 bits per heavy atom. The van der Waals surface area contributed by atoms with E-state index < -0.39 is 12.1 Å². The van der Waals surface area contributed by atoms with Crippen LogP contribution in [-0.4, -0.2) is 50.3 Å². The Bertz CT molecular complexity index is 537. The molecular formula is C12H17N5O3. The SMILES string of the molecule is CCn1cc(C(=O)O[C@@H](COC)Cn2cncn2)cn1. The van der Waals surface area contributed by atoms with Crippen LogP contribution in [0.3, 0.4) is 0 Å². The zero-order valence-electron chi connectivity index (χ0n) is 11.5. The monoisotopic (exact) mass is 279 g/mol. The minimum atomic E-state index is -0.431. The molecule has 0 radical (unpaired) electrons. The van der Waals surface area contributed by atoms with E-state index in [4.69, 9.17) is 9.47 Å². The standard InChI is InChI=1S/C12H17N5O3/c1-3-16-5-10(4-14-16)12(18)20-11(7-19-2)6-17-9-13-8-15-17/h4-5,8-9,11H,3,6-7H2,1-2H3/t11-/m1/s1. The Kier molecular flexibility index (Phi) is 4.83. The van der Waals surface area contributed by atoms with Crippen molar-refractivity contribution in [3.63, 3.8) is 0 Å². The molecule has 1 atom stereocenters. The first-order valence-corrected chi connectivity index (χ1v) is 6.27. The maximum atomic E-state index is 12.0. The van der Waals surface area contributed by atoms with Crippen LogP contribution < -0.4 is 0 Å². The van der Waals surface area contributed by atoms with E-state index >= 15 is 0 Å². The number of carbonyl (C=O) groups is 1. The summed E-state index contributed by atoms with van der Waals surface area (Å²) in [6.07, 6.45) is 5.70. The lowest BCUT2D eigenvalue weighted by Crippen LogP contribution is -2.28. The smallest absolute Gasteiger partial charge is 0.341 e. The molecule has 8 nitrogen and oxygen atoms in total. The number of aryl methyl sites for hydroxylation is 1. The fraction of sp³-hybridized carbons (Fsp3) is 0.500. The molecule has 2 aromatic rings. The van der Waals surface area contributed by atoms with Crippen LogP contribution in [0.5, 0.6) is 0 Å². The molecule has 0 aliphatic rings. The zero-order chi connectivity index (χ0) is 14.4. The lowest BCUT2D eigenvalue weighted by Gasteiger charge is -2.16. The van der Waals surface area contributed by atoms with Crippen LogP contribution in [-0.2, 0) is 22.6 Å². The first-order chi connectivity index (χ1) is 9.72. The van der Waals surface area contributed by atoms with Gasteiger partial charge in [0.2, 0.25) is 0 Å². The molecule has 2 heterocycles. The molecule has 0 saturated heterocycles. The Hall–Kier alpha value is -2.22. The molecule has 0 saturated carbocycles. The van der Waals surface area contributed by atoms with Crippen LogP contribution in [0.1, 0.15) is 17.3 Å². The second-order valence-corrected chi connectivity index (χ2v) is 4.18. The average molecular weight is 279 g/mol. The Balaban J connectivity index is 1.98. The number of hydrogen-bond donors (Lipinski definition) is 0. The molecule has 0 aliphatic heterocycles. The number of rotatable bonds is 7. The van der Waals surface area contributed by atoms with Crippen LogP contribution in [0.15, 0.2) is 25.0 Å². The molecule has 2 aromatic heterocycles. The van der Waals surface area contributed by atoms with E-state index in [1.54, 1.807) is 29.0 Å². The predicted octanol–water partition coefficient (Wildman–Crippen LogP) is 0.366. The van der Waals surface area contributed by atoms with Gasteiger partial charge in [-0.2, -0.15) is 10.2 Å².